The Bertz CT molecular complexity index is 399. The zero-order chi connectivity index (χ0) is 12.3. The van der Waals surface area contributed by atoms with Crippen molar-refractivity contribution in [2.45, 2.75) is 24.5 Å². The fourth-order valence-corrected chi connectivity index (χ4v) is 2.67. The fourth-order valence-electron chi connectivity index (χ4n) is 1.83. The number of carbonyl (C=O) groups is 1. The Balaban J connectivity index is 1.88. The number of amides is 1. The topological polar surface area (TPSA) is 77.0 Å². The van der Waals surface area contributed by atoms with Gasteiger partial charge in [-0.05, 0) is 12.8 Å². The van der Waals surface area contributed by atoms with E-state index in [1.807, 2.05) is 16.5 Å². The van der Waals surface area contributed by atoms with Crippen LogP contribution in [0.2, 0.25) is 0 Å². The molecule has 1 fully saturated rings. The summed E-state index contributed by atoms with van der Waals surface area (Å²) in [5.74, 6) is 1.35. The Morgan fingerprint density at radius 3 is 2.71 bits per heavy atom. The molecule has 0 saturated carbocycles. The normalized spacial score (nSPS) is 15.5. The van der Waals surface area contributed by atoms with Gasteiger partial charge in [-0.2, -0.15) is 0 Å². The Kier molecular flexibility index (Phi) is 4.01. The van der Waals surface area contributed by atoms with E-state index in [9.17, 15) is 4.79 Å². The zero-order valence-electron chi connectivity index (χ0n) is 9.93. The summed E-state index contributed by atoms with van der Waals surface area (Å²) in [6.45, 7) is 2.16. The third-order valence-corrected chi connectivity index (χ3v) is 3.90. The summed E-state index contributed by atoms with van der Waals surface area (Å²) in [4.78, 5) is 13.7. The number of nitrogens with two attached hydrogens (primary N) is 1. The molecule has 1 amide bonds. The van der Waals surface area contributed by atoms with Crippen molar-refractivity contribution in [3.63, 3.8) is 0 Å². The Labute approximate surface area is 105 Å². The average Bonchev–Trinajstić information content (AvgIpc) is 2.96. The van der Waals surface area contributed by atoms with Crippen molar-refractivity contribution in [2.75, 3.05) is 18.8 Å². The summed E-state index contributed by atoms with van der Waals surface area (Å²) < 4.78 is 1.84. The second kappa shape index (κ2) is 5.50. The van der Waals surface area contributed by atoms with Crippen LogP contribution in [-0.4, -0.2) is 44.4 Å². The maximum Gasteiger partial charge on any atom is 0.233 e. The van der Waals surface area contributed by atoms with E-state index >= 15 is 0 Å². The highest BCUT2D eigenvalue weighted by Gasteiger charge is 2.18. The molecule has 0 atom stereocenters. The number of rotatable bonds is 4. The maximum absolute atomic E-state index is 11.8. The molecule has 2 heterocycles. The maximum atomic E-state index is 11.8. The van der Waals surface area contributed by atoms with E-state index in [-0.39, 0.29) is 5.91 Å². The van der Waals surface area contributed by atoms with E-state index in [0.717, 1.165) is 36.9 Å². The van der Waals surface area contributed by atoms with Crippen LogP contribution in [0.25, 0.3) is 0 Å². The van der Waals surface area contributed by atoms with Crippen LogP contribution in [0.4, 0.5) is 0 Å². The minimum Gasteiger partial charge on any atom is -0.342 e. The molecular formula is C10H17N5OS. The third kappa shape index (κ3) is 2.78. The molecule has 1 aromatic heterocycles. The molecule has 1 aliphatic rings. The zero-order valence-corrected chi connectivity index (χ0v) is 10.7. The molecule has 2 rings (SSSR count). The minimum atomic E-state index is 0.185. The first kappa shape index (κ1) is 12.4. The van der Waals surface area contributed by atoms with Gasteiger partial charge in [0.2, 0.25) is 5.91 Å². The SMILES string of the molecule is Cn1c(CN)nnc1SCC(=O)N1CCCC1. The van der Waals surface area contributed by atoms with Gasteiger partial charge in [-0.15, -0.1) is 10.2 Å². The molecule has 1 saturated heterocycles. The number of aromatic nitrogens is 3. The molecule has 0 aliphatic carbocycles. The molecular weight excluding hydrogens is 238 g/mol. The highest BCUT2D eigenvalue weighted by molar-refractivity contribution is 7.99. The summed E-state index contributed by atoms with van der Waals surface area (Å²) in [5, 5.41) is 8.71. The molecule has 0 bridgehead atoms. The molecule has 0 spiro atoms. The van der Waals surface area contributed by atoms with Gasteiger partial charge in [0.15, 0.2) is 5.16 Å². The van der Waals surface area contributed by atoms with Gasteiger partial charge in [0.05, 0.1) is 12.3 Å². The van der Waals surface area contributed by atoms with E-state index in [1.54, 1.807) is 0 Å². The van der Waals surface area contributed by atoms with E-state index in [2.05, 4.69) is 10.2 Å². The van der Waals surface area contributed by atoms with Crippen molar-refractivity contribution in [1.82, 2.24) is 19.7 Å². The van der Waals surface area contributed by atoms with E-state index in [1.165, 1.54) is 11.8 Å². The quantitative estimate of drug-likeness (QED) is 0.766. The highest BCUT2D eigenvalue weighted by atomic mass is 32.2. The van der Waals surface area contributed by atoms with E-state index in [0.29, 0.717) is 12.3 Å². The summed E-state index contributed by atoms with van der Waals surface area (Å²) in [6, 6.07) is 0. The summed E-state index contributed by atoms with van der Waals surface area (Å²) >= 11 is 1.42. The van der Waals surface area contributed by atoms with E-state index in [4.69, 9.17) is 5.73 Å². The summed E-state index contributed by atoms with van der Waals surface area (Å²) in [6.07, 6.45) is 2.25. The fraction of sp³-hybridized carbons (Fsp3) is 0.700. The number of nitrogens with zero attached hydrogens (tertiary/aromatic N) is 4. The molecule has 0 aromatic carbocycles. The van der Waals surface area contributed by atoms with Crippen LogP contribution in [-0.2, 0) is 18.4 Å². The Hall–Kier alpha value is -1.08. The number of likely N-dealkylation sites (tertiary alicyclic amines) is 1. The predicted octanol–water partition coefficient (Wildman–Crippen LogP) is -0.0117. The molecule has 1 aromatic rings. The first-order valence-corrected chi connectivity index (χ1v) is 6.70. The van der Waals surface area contributed by atoms with Crippen molar-refractivity contribution in [3.05, 3.63) is 5.82 Å². The molecule has 1 aliphatic heterocycles. The molecule has 2 N–H and O–H groups in total. The van der Waals surface area contributed by atoms with Crippen LogP contribution in [0, 0.1) is 0 Å². The standard InChI is InChI=1S/C10H17N5OS/c1-14-8(6-11)12-13-10(14)17-7-9(16)15-4-2-3-5-15/h2-7,11H2,1H3. The Morgan fingerprint density at radius 1 is 1.41 bits per heavy atom. The second-order valence-corrected chi connectivity index (χ2v) is 4.98. The molecule has 7 heteroatoms. The number of hydrogen-bond donors (Lipinski definition) is 1. The monoisotopic (exact) mass is 255 g/mol. The van der Waals surface area contributed by atoms with Gasteiger partial charge in [-0.1, -0.05) is 11.8 Å². The van der Waals surface area contributed by atoms with E-state index < -0.39 is 0 Å². The highest BCUT2D eigenvalue weighted by Crippen LogP contribution is 2.17. The van der Waals surface area contributed by atoms with Gasteiger partial charge in [-0.3, -0.25) is 4.79 Å². The largest absolute Gasteiger partial charge is 0.342 e. The van der Waals surface area contributed by atoms with Crippen molar-refractivity contribution in [3.8, 4) is 0 Å². The molecule has 94 valence electrons. The molecule has 0 unspecified atom stereocenters. The second-order valence-electron chi connectivity index (χ2n) is 4.04. The van der Waals surface area contributed by atoms with Gasteiger partial charge in [0, 0.05) is 20.1 Å². The van der Waals surface area contributed by atoms with Crippen LogP contribution in [0.15, 0.2) is 5.16 Å². The lowest BCUT2D eigenvalue weighted by molar-refractivity contribution is -0.127. The van der Waals surface area contributed by atoms with Gasteiger partial charge in [0.1, 0.15) is 5.82 Å². The smallest absolute Gasteiger partial charge is 0.233 e. The van der Waals surface area contributed by atoms with Crippen LogP contribution in [0.5, 0.6) is 0 Å². The minimum absolute atomic E-state index is 0.185. The van der Waals surface area contributed by atoms with Crippen molar-refractivity contribution in [1.29, 1.82) is 0 Å². The van der Waals surface area contributed by atoms with Crippen LogP contribution in [0.3, 0.4) is 0 Å². The Morgan fingerprint density at radius 2 is 2.12 bits per heavy atom. The van der Waals surface area contributed by atoms with Crippen LogP contribution < -0.4 is 5.73 Å². The predicted molar refractivity (Wildman–Crippen MR) is 65.4 cm³/mol. The average molecular weight is 255 g/mol. The van der Waals surface area contributed by atoms with Gasteiger partial charge < -0.3 is 15.2 Å². The van der Waals surface area contributed by atoms with Gasteiger partial charge in [-0.25, -0.2) is 0 Å². The summed E-state index contributed by atoms with van der Waals surface area (Å²) in [5.41, 5.74) is 5.51. The first-order valence-electron chi connectivity index (χ1n) is 5.71. The van der Waals surface area contributed by atoms with Crippen LogP contribution >= 0.6 is 11.8 Å². The van der Waals surface area contributed by atoms with Gasteiger partial charge in [0.25, 0.3) is 0 Å². The lowest BCUT2D eigenvalue weighted by atomic mass is 10.4. The lowest BCUT2D eigenvalue weighted by Gasteiger charge is -2.14. The molecule has 17 heavy (non-hydrogen) atoms. The molecule has 0 radical (unpaired) electrons. The third-order valence-electron chi connectivity index (χ3n) is 2.89. The number of hydrogen-bond acceptors (Lipinski definition) is 5. The van der Waals surface area contributed by atoms with Crippen molar-refractivity contribution >= 4 is 17.7 Å². The van der Waals surface area contributed by atoms with Crippen molar-refractivity contribution in [2.24, 2.45) is 12.8 Å². The van der Waals surface area contributed by atoms with Crippen LogP contribution in [0.1, 0.15) is 18.7 Å². The first-order chi connectivity index (χ1) is 8.22. The summed E-state index contributed by atoms with van der Waals surface area (Å²) in [7, 11) is 1.87. The number of carbonyl (C=O) groups excluding carboxylic acids is 1. The van der Waals surface area contributed by atoms with Crippen molar-refractivity contribution < 1.29 is 4.79 Å². The van der Waals surface area contributed by atoms with Gasteiger partial charge >= 0.3 is 0 Å². The number of thioether (sulfide) groups is 1. The lowest BCUT2D eigenvalue weighted by Crippen LogP contribution is -2.29. The molecule has 6 nitrogen and oxygen atoms in total.